The Morgan fingerprint density at radius 3 is 2.63 bits per heavy atom. The summed E-state index contributed by atoms with van der Waals surface area (Å²) < 4.78 is 10.6. The van der Waals surface area contributed by atoms with Crippen LogP contribution in [-0.2, 0) is 0 Å². The fourth-order valence-corrected chi connectivity index (χ4v) is 3.24. The van der Waals surface area contributed by atoms with Crippen molar-refractivity contribution in [3.8, 4) is 11.5 Å². The van der Waals surface area contributed by atoms with Gasteiger partial charge in [-0.05, 0) is 51.2 Å². The third-order valence-corrected chi connectivity index (χ3v) is 4.63. The van der Waals surface area contributed by atoms with Crippen LogP contribution in [0.25, 0.3) is 0 Å². The Bertz CT molecular complexity index is 805. The molecule has 6 heteroatoms. The van der Waals surface area contributed by atoms with Crippen LogP contribution < -0.4 is 20.1 Å². The zero-order chi connectivity index (χ0) is 19.1. The van der Waals surface area contributed by atoms with Gasteiger partial charge in [-0.2, -0.15) is 4.98 Å². The Labute approximate surface area is 161 Å². The summed E-state index contributed by atoms with van der Waals surface area (Å²) in [5.41, 5.74) is 3.31. The molecule has 1 aromatic heterocycles. The van der Waals surface area contributed by atoms with E-state index in [2.05, 4.69) is 26.7 Å². The largest absolute Gasteiger partial charge is 0.493 e. The molecule has 3 rings (SSSR count). The zero-order valence-corrected chi connectivity index (χ0v) is 16.3. The molecule has 6 nitrogen and oxygen atoms in total. The molecule has 0 radical (unpaired) electrons. The molecule has 0 saturated heterocycles. The first-order valence-corrected chi connectivity index (χ1v) is 9.44. The van der Waals surface area contributed by atoms with Crippen LogP contribution >= 0.6 is 0 Å². The van der Waals surface area contributed by atoms with Gasteiger partial charge in [0.2, 0.25) is 5.95 Å². The SMILES string of the molecule is COc1ccc(Nc2nc(C)cc(NCCC3=CCCCC3)n2)cc1OC. The van der Waals surface area contributed by atoms with E-state index in [0.717, 1.165) is 30.2 Å². The van der Waals surface area contributed by atoms with Crippen molar-refractivity contribution in [2.75, 3.05) is 31.4 Å². The average molecular weight is 368 g/mol. The number of methoxy groups -OCH3 is 2. The third-order valence-electron chi connectivity index (χ3n) is 4.63. The summed E-state index contributed by atoms with van der Waals surface area (Å²) in [6.07, 6.45) is 8.56. The number of allylic oxidation sites excluding steroid dienone is 1. The molecule has 1 aliphatic carbocycles. The van der Waals surface area contributed by atoms with Gasteiger partial charge in [-0.1, -0.05) is 11.6 Å². The molecule has 144 valence electrons. The van der Waals surface area contributed by atoms with E-state index < -0.39 is 0 Å². The Morgan fingerprint density at radius 2 is 1.89 bits per heavy atom. The Hall–Kier alpha value is -2.76. The number of rotatable bonds is 8. The summed E-state index contributed by atoms with van der Waals surface area (Å²) in [4.78, 5) is 9.06. The molecular formula is C21H28N4O2. The van der Waals surface area contributed by atoms with Crippen LogP contribution in [0.15, 0.2) is 35.9 Å². The zero-order valence-electron chi connectivity index (χ0n) is 16.3. The van der Waals surface area contributed by atoms with Gasteiger partial charge in [-0.15, -0.1) is 0 Å². The molecule has 0 fully saturated rings. The summed E-state index contributed by atoms with van der Waals surface area (Å²) in [5.74, 6) is 2.74. The van der Waals surface area contributed by atoms with E-state index in [9.17, 15) is 0 Å². The van der Waals surface area contributed by atoms with Crippen molar-refractivity contribution in [2.45, 2.75) is 39.0 Å². The predicted molar refractivity (Wildman–Crippen MR) is 109 cm³/mol. The normalized spacial score (nSPS) is 13.7. The van der Waals surface area contributed by atoms with E-state index in [1.54, 1.807) is 19.8 Å². The molecule has 1 aliphatic rings. The molecule has 27 heavy (non-hydrogen) atoms. The first-order valence-electron chi connectivity index (χ1n) is 9.44. The smallest absolute Gasteiger partial charge is 0.229 e. The van der Waals surface area contributed by atoms with Gasteiger partial charge >= 0.3 is 0 Å². The first-order chi connectivity index (χ1) is 13.2. The lowest BCUT2D eigenvalue weighted by atomic mass is 9.97. The maximum atomic E-state index is 5.35. The number of anilines is 3. The summed E-state index contributed by atoms with van der Waals surface area (Å²) in [6.45, 7) is 2.86. The highest BCUT2D eigenvalue weighted by molar-refractivity contribution is 5.60. The summed E-state index contributed by atoms with van der Waals surface area (Å²) in [7, 11) is 3.24. The summed E-state index contributed by atoms with van der Waals surface area (Å²) >= 11 is 0. The molecule has 2 aromatic rings. The van der Waals surface area contributed by atoms with Crippen LogP contribution in [0.5, 0.6) is 11.5 Å². The number of hydrogen-bond acceptors (Lipinski definition) is 6. The van der Waals surface area contributed by atoms with Crippen molar-refractivity contribution in [1.82, 2.24) is 9.97 Å². The van der Waals surface area contributed by atoms with Crippen molar-refractivity contribution in [3.63, 3.8) is 0 Å². The Balaban J connectivity index is 1.65. The fraction of sp³-hybridized carbons (Fsp3) is 0.429. The number of aromatic nitrogens is 2. The van der Waals surface area contributed by atoms with Gasteiger partial charge in [-0.25, -0.2) is 4.98 Å². The van der Waals surface area contributed by atoms with Crippen molar-refractivity contribution < 1.29 is 9.47 Å². The Morgan fingerprint density at radius 1 is 1.04 bits per heavy atom. The van der Waals surface area contributed by atoms with E-state index in [4.69, 9.17) is 9.47 Å². The fourth-order valence-electron chi connectivity index (χ4n) is 3.24. The van der Waals surface area contributed by atoms with Gasteiger partial charge in [0.1, 0.15) is 5.82 Å². The number of hydrogen-bond donors (Lipinski definition) is 2. The minimum Gasteiger partial charge on any atom is -0.493 e. The van der Waals surface area contributed by atoms with E-state index in [0.29, 0.717) is 17.4 Å². The monoisotopic (exact) mass is 368 g/mol. The maximum Gasteiger partial charge on any atom is 0.229 e. The van der Waals surface area contributed by atoms with E-state index >= 15 is 0 Å². The molecule has 1 aromatic carbocycles. The van der Waals surface area contributed by atoms with Gasteiger partial charge < -0.3 is 20.1 Å². The van der Waals surface area contributed by atoms with E-state index in [1.165, 1.54) is 25.7 Å². The second-order valence-electron chi connectivity index (χ2n) is 6.70. The van der Waals surface area contributed by atoms with Crippen LogP contribution in [0.3, 0.4) is 0 Å². The molecule has 0 atom stereocenters. The lowest BCUT2D eigenvalue weighted by Crippen LogP contribution is -2.08. The van der Waals surface area contributed by atoms with Gasteiger partial charge in [0, 0.05) is 30.1 Å². The number of ether oxygens (including phenoxy) is 2. The highest BCUT2D eigenvalue weighted by atomic mass is 16.5. The third kappa shape index (κ3) is 5.36. The summed E-state index contributed by atoms with van der Waals surface area (Å²) in [5, 5.41) is 6.66. The van der Waals surface area contributed by atoms with Gasteiger partial charge in [-0.3, -0.25) is 0 Å². The van der Waals surface area contributed by atoms with Crippen molar-refractivity contribution in [3.05, 3.63) is 41.6 Å². The molecule has 2 N–H and O–H groups in total. The number of benzene rings is 1. The van der Waals surface area contributed by atoms with Crippen LogP contribution in [0.4, 0.5) is 17.5 Å². The van der Waals surface area contributed by atoms with E-state index in [-0.39, 0.29) is 0 Å². The molecule has 0 unspecified atom stereocenters. The van der Waals surface area contributed by atoms with Gasteiger partial charge in [0.05, 0.1) is 14.2 Å². The van der Waals surface area contributed by atoms with Crippen LogP contribution in [0.1, 0.15) is 37.8 Å². The maximum absolute atomic E-state index is 5.35. The summed E-state index contributed by atoms with van der Waals surface area (Å²) in [6, 6.07) is 7.60. The number of nitrogens with one attached hydrogen (secondary N) is 2. The molecule has 0 bridgehead atoms. The highest BCUT2D eigenvalue weighted by Crippen LogP contribution is 2.30. The van der Waals surface area contributed by atoms with Crippen molar-refractivity contribution in [1.29, 1.82) is 0 Å². The minimum absolute atomic E-state index is 0.557. The Kier molecular flexibility index (Phi) is 6.52. The molecule has 0 aliphatic heterocycles. The molecule has 0 saturated carbocycles. The topological polar surface area (TPSA) is 68.3 Å². The van der Waals surface area contributed by atoms with Gasteiger partial charge in [0.15, 0.2) is 11.5 Å². The van der Waals surface area contributed by atoms with Gasteiger partial charge in [0.25, 0.3) is 0 Å². The lowest BCUT2D eigenvalue weighted by molar-refractivity contribution is 0.355. The average Bonchev–Trinajstić information content (AvgIpc) is 2.68. The van der Waals surface area contributed by atoms with E-state index in [1.807, 2.05) is 31.2 Å². The highest BCUT2D eigenvalue weighted by Gasteiger charge is 2.08. The predicted octanol–water partition coefficient (Wildman–Crippen LogP) is 4.85. The number of nitrogens with zero attached hydrogens (tertiary/aromatic N) is 2. The lowest BCUT2D eigenvalue weighted by Gasteiger charge is -2.14. The molecular weight excluding hydrogens is 340 g/mol. The van der Waals surface area contributed by atoms with Crippen LogP contribution in [-0.4, -0.2) is 30.7 Å². The standard InChI is InChI=1S/C21H28N4O2/c1-15-13-20(22-12-11-16-7-5-4-6-8-16)25-21(23-15)24-17-9-10-18(26-2)19(14-17)27-3/h7,9-10,13-14H,4-6,8,11-12H2,1-3H3,(H2,22,23,24,25). The second kappa shape index (κ2) is 9.26. The number of aryl methyl sites for hydroxylation is 1. The van der Waals surface area contributed by atoms with Crippen molar-refractivity contribution in [2.24, 2.45) is 0 Å². The molecule has 1 heterocycles. The van der Waals surface area contributed by atoms with Crippen molar-refractivity contribution >= 4 is 17.5 Å². The van der Waals surface area contributed by atoms with Crippen LogP contribution in [0, 0.1) is 6.92 Å². The van der Waals surface area contributed by atoms with Crippen LogP contribution in [0.2, 0.25) is 0 Å². The molecule has 0 amide bonds. The quantitative estimate of drug-likeness (QED) is 0.649. The molecule has 0 spiro atoms. The minimum atomic E-state index is 0.557. The second-order valence-corrected chi connectivity index (χ2v) is 6.70. The first kappa shape index (κ1) is 19.0.